The summed E-state index contributed by atoms with van der Waals surface area (Å²) in [7, 11) is 0. The van der Waals surface area contributed by atoms with E-state index in [9.17, 15) is 4.79 Å². The van der Waals surface area contributed by atoms with Gasteiger partial charge in [-0.15, -0.1) is 0 Å². The number of nitrogens with zero attached hydrogens (tertiary/aromatic N) is 4. The number of anilines is 1. The standard InChI is InChI=1S/C21H18ClN5OS/c1-14-7-8-16(22)9-18(14)26-19(28)12-29-21-17-10-25-27(20(17)23-13-24-21)11-15-5-3-2-4-6-15/h2-10,13H,11-12H2,1H3,(H,26,28). The number of fused-ring (bicyclic) bond motifs is 1. The van der Waals surface area contributed by atoms with E-state index in [1.807, 2.05) is 48.0 Å². The first-order chi connectivity index (χ1) is 14.1. The second-order valence-corrected chi connectivity index (χ2v) is 7.90. The van der Waals surface area contributed by atoms with Crippen LogP contribution in [0.1, 0.15) is 11.1 Å². The molecule has 0 aliphatic rings. The van der Waals surface area contributed by atoms with Gasteiger partial charge in [-0.3, -0.25) is 4.79 Å². The monoisotopic (exact) mass is 423 g/mol. The third kappa shape index (κ3) is 4.58. The van der Waals surface area contributed by atoms with E-state index in [0.717, 1.165) is 27.2 Å². The molecule has 146 valence electrons. The lowest BCUT2D eigenvalue weighted by Gasteiger charge is -2.09. The fourth-order valence-electron chi connectivity index (χ4n) is 2.91. The van der Waals surface area contributed by atoms with Crippen LogP contribution in [0.25, 0.3) is 11.0 Å². The zero-order valence-corrected chi connectivity index (χ0v) is 17.2. The average molecular weight is 424 g/mol. The maximum atomic E-state index is 12.4. The molecule has 2 heterocycles. The molecule has 2 aromatic carbocycles. The first-order valence-electron chi connectivity index (χ1n) is 8.99. The van der Waals surface area contributed by atoms with Crippen molar-refractivity contribution in [1.29, 1.82) is 0 Å². The highest BCUT2D eigenvalue weighted by atomic mass is 35.5. The summed E-state index contributed by atoms with van der Waals surface area (Å²) in [5.41, 5.74) is 3.56. The molecular formula is C21H18ClN5OS. The van der Waals surface area contributed by atoms with E-state index < -0.39 is 0 Å². The molecule has 0 atom stereocenters. The van der Waals surface area contributed by atoms with Crippen LogP contribution in [0.2, 0.25) is 5.02 Å². The van der Waals surface area contributed by atoms with Crippen molar-refractivity contribution in [3.05, 3.63) is 77.2 Å². The molecule has 29 heavy (non-hydrogen) atoms. The van der Waals surface area contributed by atoms with Crippen molar-refractivity contribution in [3.8, 4) is 0 Å². The molecule has 0 bridgehead atoms. The number of hydrogen-bond acceptors (Lipinski definition) is 5. The van der Waals surface area contributed by atoms with Crippen LogP contribution in [-0.2, 0) is 11.3 Å². The molecule has 0 aliphatic carbocycles. The van der Waals surface area contributed by atoms with E-state index in [2.05, 4.69) is 20.4 Å². The minimum absolute atomic E-state index is 0.121. The van der Waals surface area contributed by atoms with Crippen LogP contribution in [0.3, 0.4) is 0 Å². The van der Waals surface area contributed by atoms with E-state index in [1.54, 1.807) is 18.3 Å². The van der Waals surface area contributed by atoms with Gasteiger partial charge in [0, 0.05) is 10.7 Å². The number of hydrogen-bond donors (Lipinski definition) is 1. The highest BCUT2D eigenvalue weighted by Crippen LogP contribution is 2.25. The van der Waals surface area contributed by atoms with Crippen LogP contribution >= 0.6 is 23.4 Å². The van der Waals surface area contributed by atoms with Crippen molar-refractivity contribution in [1.82, 2.24) is 19.7 Å². The smallest absolute Gasteiger partial charge is 0.234 e. The number of carbonyl (C=O) groups excluding carboxylic acids is 1. The fraction of sp³-hybridized carbons (Fsp3) is 0.143. The third-order valence-electron chi connectivity index (χ3n) is 4.39. The van der Waals surface area contributed by atoms with Gasteiger partial charge in [0.15, 0.2) is 5.65 Å². The Bertz CT molecular complexity index is 1160. The van der Waals surface area contributed by atoms with Gasteiger partial charge in [0.2, 0.25) is 5.91 Å². The van der Waals surface area contributed by atoms with Crippen LogP contribution in [0.4, 0.5) is 5.69 Å². The average Bonchev–Trinajstić information content (AvgIpc) is 3.13. The lowest BCUT2D eigenvalue weighted by Crippen LogP contribution is -2.15. The van der Waals surface area contributed by atoms with Crippen molar-refractivity contribution in [3.63, 3.8) is 0 Å². The predicted octanol–water partition coefficient (Wildman–Crippen LogP) is 4.57. The van der Waals surface area contributed by atoms with Crippen molar-refractivity contribution >= 4 is 46.0 Å². The highest BCUT2D eigenvalue weighted by molar-refractivity contribution is 8.00. The van der Waals surface area contributed by atoms with E-state index in [-0.39, 0.29) is 11.7 Å². The number of carbonyl (C=O) groups is 1. The zero-order valence-electron chi connectivity index (χ0n) is 15.7. The van der Waals surface area contributed by atoms with E-state index in [1.165, 1.54) is 18.1 Å². The Balaban J connectivity index is 1.47. The van der Waals surface area contributed by atoms with Gasteiger partial charge in [-0.2, -0.15) is 5.10 Å². The predicted molar refractivity (Wildman–Crippen MR) is 116 cm³/mol. The summed E-state index contributed by atoms with van der Waals surface area (Å²) >= 11 is 7.37. The number of aromatic nitrogens is 4. The summed E-state index contributed by atoms with van der Waals surface area (Å²) in [6, 6.07) is 15.5. The molecule has 0 radical (unpaired) electrons. The Hall–Kier alpha value is -2.90. The molecule has 0 spiro atoms. The molecule has 0 fully saturated rings. The van der Waals surface area contributed by atoms with Gasteiger partial charge in [0.25, 0.3) is 0 Å². The molecule has 0 saturated carbocycles. The Morgan fingerprint density at radius 1 is 1.17 bits per heavy atom. The molecule has 2 aromatic heterocycles. The number of nitrogens with one attached hydrogen (secondary N) is 1. The summed E-state index contributed by atoms with van der Waals surface area (Å²) in [4.78, 5) is 21.1. The molecular weight excluding hydrogens is 406 g/mol. The second kappa shape index (κ2) is 8.63. The van der Waals surface area contributed by atoms with Gasteiger partial charge in [-0.05, 0) is 30.2 Å². The number of aryl methyl sites for hydroxylation is 1. The Kier molecular flexibility index (Phi) is 5.78. The molecule has 1 amide bonds. The van der Waals surface area contributed by atoms with Crippen molar-refractivity contribution < 1.29 is 4.79 Å². The topological polar surface area (TPSA) is 72.7 Å². The van der Waals surface area contributed by atoms with Crippen LogP contribution in [0.5, 0.6) is 0 Å². The number of benzene rings is 2. The van der Waals surface area contributed by atoms with Gasteiger partial charge in [-0.1, -0.05) is 59.8 Å². The molecule has 4 aromatic rings. The summed E-state index contributed by atoms with van der Waals surface area (Å²) < 4.78 is 1.84. The number of halogens is 1. The third-order valence-corrected chi connectivity index (χ3v) is 5.63. The summed E-state index contributed by atoms with van der Waals surface area (Å²) in [5.74, 6) is 0.103. The molecule has 1 N–H and O–H groups in total. The minimum atomic E-state index is -0.121. The Morgan fingerprint density at radius 2 is 2.00 bits per heavy atom. The van der Waals surface area contributed by atoms with Crippen LogP contribution < -0.4 is 5.32 Å². The summed E-state index contributed by atoms with van der Waals surface area (Å²) in [6.07, 6.45) is 3.26. The van der Waals surface area contributed by atoms with Crippen LogP contribution in [0.15, 0.2) is 66.1 Å². The molecule has 0 unspecified atom stereocenters. The number of thioether (sulfide) groups is 1. The highest BCUT2D eigenvalue weighted by Gasteiger charge is 2.13. The number of rotatable bonds is 6. The SMILES string of the molecule is Cc1ccc(Cl)cc1NC(=O)CSc1ncnc2c1cnn2Cc1ccccc1. The van der Waals surface area contributed by atoms with Crippen molar-refractivity contribution in [2.75, 3.05) is 11.1 Å². The quantitative estimate of drug-likeness (QED) is 0.363. The molecule has 4 rings (SSSR count). The Labute approximate surface area is 177 Å². The largest absolute Gasteiger partial charge is 0.325 e. The number of amides is 1. The lowest BCUT2D eigenvalue weighted by molar-refractivity contribution is -0.113. The summed E-state index contributed by atoms with van der Waals surface area (Å²) in [5, 5.41) is 9.50. The van der Waals surface area contributed by atoms with Crippen molar-refractivity contribution in [2.24, 2.45) is 0 Å². The first kappa shape index (κ1) is 19.4. The molecule has 0 saturated heterocycles. The van der Waals surface area contributed by atoms with Gasteiger partial charge in [-0.25, -0.2) is 14.6 Å². The van der Waals surface area contributed by atoms with Crippen molar-refractivity contribution in [2.45, 2.75) is 18.5 Å². The maximum absolute atomic E-state index is 12.4. The van der Waals surface area contributed by atoms with E-state index >= 15 is 0 Å². The molecule has 8 heteroatoms. The zero-order chi connectivity index (χ0) is 20.2. The minimum Gasteiger partial charge on any atom is -0.325 e. The van der Waals surface area contributed by atoms with Crippen LogP contribution in [0, 0.1) is 6.92 Å². The first-order valence-corrected chi connectivity index (χ1v) is 10.4. The van der Waals surface area contributed by atoms with E-state index in [4.69, 9.17) is 11.6 Å². The van der Waals surface area contributed by atoms with E-state index in [0.29, 0.717) is 17.3 Å². The maximum Gasteiger partial charge on any atom is 0.234 e. The second-order valence-electron chi connectivity index (χ2n) is 6.50. The molecule has 6 nitrogen and oxygen atoms in total. The summed E-state index contributed by atoms with van der Waals surface area (Å²) in [6.45, 7) is 2.55. The molecule has 0 aliphatic heterocycles. The lowest BCUT2D eigenvalue weighted by atomic mass is 10.2. The van der Waals surface area contributed by atoms with Gasteiger partial charge in [0.05, 0.1) is 23.9 Å². The normalized spacial score (nSPS) is 11.0. The van der Waals surface area contributed by atoms with Gasteiger partial charge in [0.1, 0.15) is 11.4 Å². The fourth-order valence-corrected chi connectivity index (χ4v) is 3.84. The van der Waals surface area contributed by atoms with Gasteiger partial charge < -0.3 is 5.32 Å². The Morgan fingerprint density at radius 3 is 2.83 bits per heavy atom. The van der Waals surface area contributed by atoms with Gasteiger partial charge >= 0.3 is 0 Å². The van der Waals surface area contributed by atoms with Crippen LogP contribution in [-0.4, -0.2) is 31.4 Å².